The molecule has 1 N–H and O–H groups in total. The second-order valence-electron chi connectivity index (χ2n) is 2.53. The molecule has 0 aliphatic heterocycles. The number of carbonyl (C=O) groups is 1. The minimum atomic E-state index is -1.05. The summed E-state index contributed by atoms with van der Waals surface area (Å²) < 4.78 is 0.590. The number of carboxylic acid groups (broad SMARTS) is 1. The number of nitrogens with zero attached hydrogens (tertiary/aromatic N) is 1. The van der Waals surface area contributed by atoms with Crippen molar-refractivity contribution in [3.05, 3.63) is 32.4 Å². The Balaban J connectivity index is 3.55. The van der Waals surface area contributed by atoms with Crippen LogP contribution in [0.25, 0.3) is 0 Å². The molecule has 13 heavy (non-hydrogen) atoms. The van der Waals surface area contributed by atoms with Gasteiger partial charge in [0, 0.05) is 3.57 Å². The zero-order valence-electron chi connectivity index (χ0n) is 6.84. The fourth-order valence-electron chi connectivity index (χ4n) is 1.03. The average molecular weight is 287 g/mol. The van der Waals surface area contributed by atoms with Gasteiger partial charge in [-0.3, -0.25) is 0 Å². The van der Waals surface area contributed by atoms with Gasteiger partial charge in [0.25, 0.3) is 0 Å². The molecule has 1 aromatic carbocycles. The summed E-state index contributed by atoms with van der Waals surface area (Å²) in [7, 11) is 0. The van der Waals surface area contributed by atoms with Gasteiger partial charge in [-0.2, -0.15) is 5.26 Å². The third-order valence-electron chi connectivity index (χ3n) is 1.69. The molecule has 0 amide bonds. The summed E-state index contributed by atoms with van der Waals surface area (Å²) in [5, 5.41) is 17.6. The van der Waals surface area contributed by atoms with Crippen molar-refractivity contribution in [3.63, 3.8) is 0 Å². The number of aryl methyl sites for hydroxylation is 1. The third kappa shape index (κ3) is 1.80. The Hall–Kier alpha value is -1.09. The first kappa shape index (κ1) is 9.99. The molecule has 0 saturated carbocycles. The molecule has 0 heterocycles. The van der Waals surface area contributed by atoms with E-state index >= 15 is 0 Å². The molecule has 0 radical (unpaired) electrons. The van der Waals surface area contributed by atoms with E-state index in [9.17, 15) is 4.79 Å². The highest BCUT2D eigenvalue weighted by molar-refractivity contribution is 14.1. The quantitative estimate of drug-likeness (QED) is 0.805. The molecule has 1 rings (SSSR count). The van der Waals surface area contributed by atoms with E-state index in [4.69, 9.17) is 10.4 Å². The van der Waals surface area contributed by atoms with Gasteiger partial charge in [0.2, 0.25) is 0 Å². The number of hydrogen-bond donors (Lipinski definition) is 1. The normalized spacial score (nSPS) is 9.31. The molecule has 0 fully saturated rings. The van der Waals surface area contributed by atoms with Gasteiger partial charge in [-0.1, -0.05) is 6.07 Å². The molecule has 1 aromatic rings. The summed E-state index contributed by atoms with van der Waals surface area (Å²) in [5.74, 6) is -1.05. The van der Waals surface area contributed by atoms with Crippen LogP contribution in [0.1, 0.15) is 21.5 Å². The van der Waals surface area contributed by atoms with Gasteiger partial charge < -0.3 is 5.11 Å². The maximum absolute atomic E-state index is 10.8. The Bertz CT molecular complexity index is 407. The third-order valence-corrected chi connectivity index (χ3v) is 2.59. The number of hydrogen-bond acceptors (Lipinski definition) is 2. The summed E-state index contributed by atoms with van der Waals surface area (Å²) in [6.45, 7) is 1.72. The van der Waals surface area contributed by atoms with Gasteiger partial charge >= 0.3 is 5.97 Å². The molecule has 0 aliphatic carbocycles. The molecule has 0 atom stereocenters. The predicted octanol–water partition coefficient (Wildman–Crippen LogP) is 2.17. The van der Waals surface area contributed by atoms with E-state index in [2.05, 4.69) is 0 Å². The maximum atomic E-state index is 10.8. The molecular formula is C9H6INO2. The summed E-state index contributed by atoms with van der Waals surface area (Å²) in [6, 6.07) is 5.34. The Morgan fingerprint density at radius 2 is 2.23 bits per heavy atom. The lowest BCUT2D eigenvalue weighted by Gasteiger charge is -2.03. The van der Waals surface area contributed by atoms with Gasteiger partial charge in [-0.15, -0.1) is 0 Å². The lowest BCUT2D eigenvalue weighted by molar-refractivity contribution is 0.0695. The Morgan fingerprint density at radius 1 is 1.62 bits per heavy atom. The molecule has 0 bridgehead atoms. The van der Waals surface area contributed by atoms with Crippen LogP contribution < -0.4 is 0 Å². The van der Waals surface area contributed by atoms with Crippen LogP contribution >= 0.6 is 22.6 Å². The molecule has 0 aliphatic rings. The van der Waals surface area contributed by atoms with Crippen LogP contribution in [0.2, 0.25) is 0 Å². The van der Waals surface area contributed by atoms with Crippen LogP contribution in [0.5, 0.6) is 0 Å². The van der Waals surface area contributed by atoms with Crippen LogP contribution in [-0.4, -0.2) is 11.1 Å². The molecule has 0 spiro atoms. The highest BCUT2D eigenvalue weighted by Crippen LogP contribution is 2.19. The topological polar surface area (TPSA) is 61.1 Å². The fourth-order valence-corrected chi connectivity index (χ4v) is 1.71. The van der Waals surface area contributed by atoms with Gasteiger partial charge in [-0.05, 0) is 41.1 Å². The van der Waals surface area contributed by atoms with E-state index in [1.807, 2.05) is 28.7 Å². The molecule has 0 aromatic heterocycles. The Kier molecular flexibility index (Phi) is 2.88. The maximum Gasteiger partial charge on any atom is 0.338 e. The van der Waals surface area contributed by atoms with Gasteiger partial charge in [-0.25, -0.2) is 4.79 Å². The van der Waals surface area contributed by atoms with Crippen molar-refractivity contribution in [3.8, 4) is 6.07 Å². The van der Waals surface area contributed by atoms with E-state index in [0.29, 0.717) is 9.13 Å². The van der Waals surface area contributed by atoms with E-state index in [1.54, 1.807) is 19.1 Å². The molecule has 3 nitrogen and oxygen atoms in total. The number of rotatable bonds is 1. The van der Waals surface area contributed by atoms with Crippen molar-refractivity contribution in [2.24, 2.45) is 0 Å². The Labute approximate surface area is 89.1 Å². The van der Waals surface area contributed by atoms with Crippen molar-refractivity contribution >= 4 is 28.6 Å². The first-order valence-corrected chi connectivity index (χ1v) is 4.58. The number of carboxylic acids is 1. The van der Waals surface area contributed by atoms with Crippen LogP contribution in [0.15, 0.2) is 12.1 Å². The van der Waals surface area contributed by atoms with Crippen molar-refractivity contribution < 1.29 is 9.90 Å². The van der Waals surface area contributed by atoms with E-state index < -0.39 is 5.97 Å². The second-order valence-corrected chi connectivity index (χ2v) is 3.69. The largest absolute Gasteiger partial charge is 0.478 e. The molecular weight excluding hydrogens is 281 g/mol. The van der Waals surface area contributed by atoms with Crippen LogP contribution in [-0.2, 0) is 0 Å². The summed E-state index contributed by atoms with van der Waals surface area (Å²) >= 11 is 1.91. The molecule has 0 saturated heterocycles. The highest BCUT2D eigenvalue weighted by atomic mass is 127. The fraction of sp³-hybridized carbons (Fsp3) is 0.111. The molecule has 4 heteroatoms. The minimum absolute atomic E-state index is 0.100. The lowest BCUT2D eigenvalue weighted by atomic mass is 10.0. The lowest BCUT2D eigenvalue weighted by Crippen LogP contribution is -2.04. The minimum Gasteiger partial charge on any atom is -0.478 e. The van der Waals surface area contributed by atoms with E-state index in [-0.39, 0.29) is 11.1 Å². The van der Waals surface area contributed by atoms with Crippen molar-refractivity contribution in [2.75, 3.05) is 0 Å². The summed E-state index contributed by atoms with van der Waals surface area (Å²) in [5.41, 5.74) is 1.04. The zero-order chi connectivity index (χ0) is 10.0. The monoisotopic (exact) mass is 287 g/mol. The second kappa shape index (κ2) is 3.75. The SMILES string of the molecule is Cc1ccc(I)c(C(=O)O)c1C#N. The first-order valence-electron chi connectivity index (χ1n) is 3.50. The first-order chi connectivity index (χ1) is 6.07. The average Bonchev–Trinajstić information content (AvgIpc) is 2.07. The van der Waals surface area contributed by atoms with Crippen molar-refractivity contribution in [1.82, 2.24) is 0 Å². The van der Waals surface area contributed by atoms with E-state index in [1.165, 1.54) is 0 Å². The molecule has 0 unspecified atom stereocenters. The van der Waals surface area contributed by atoms with Crippen molar-refractivity contribution in [2.45, 2.75) is 6.92 Å². The Morgan fingerprint density at radius 3 is 2.62 bits per heavy atom. The van der Waals surface area contributed by atoms with Gasteiger partial charge in [0.15, 0.2) is 0 Å². The molecule has 66 valence electrons. The van der Waals surface area contributed by atoms with Crippen LogP contribution in [0.3, 0.4) is 0 Å². The standard InChI is InChI=1S/C9H6INO2/c1-5-2-3-7(10)8(9(12)13)6(5)4-11/h2-3H,1H3,(H,12,13). The number of nitriles is 1. The smallest absolute Gasteiger partial charge is 0.338 e. The van der Waals surface area contributed by atoms with Crippen molar-refractivity contribution in [1.29, 1.82) is 5.26 Å². The van der Waals surface area contributed by atoms with Crippen LogP contribution in [0, 0.1) is 21.8 Å². The summed E-state index contributed by atoms with van der Waals surface area (Å²) in [6.07, 6.45) is 0. The number of aromatic carboxylic acids is 1. The van der Waals surface area contributed by atoms with Gasteiger partial charge in [0.05, 0.1) is 11.1 Å². The number of halogens is 1. The van der Waals surface area contributed by atoms with E-state index in [0.717, 1.165) is 0 Å². The number of benzene rings is 1. The predicted molar refractivity (Wildman–Crippen MR) is 55.6 cm³/mol. The van der Waals surface area contributed by atoms with Gasteiger partial charge in [0.1, 0.15) is 6.07 Å². The highest BCUT2D eigenvalue weighted by Gasteiger charge is 2.15. The summed E-state index contributed by atoms with van der Waals surface area (Å²) in [4.78, 5) is 10.8. The zero-order valence-corrected chi connectivity index (χ0v) is 8.99. The van der Waals surface area contributed by atoms with Crippen LogP contribution in [0.4, 0.5) is 0 Å².